The zero-order valence-electron chi connectivity index (χ0n) is 11.3. The van der Waals surface area contributed by atoms with E-state index in [4.69, 9.17) is 4.74 Å². The number of halogens is 1. The van der Waals surface area contributed by atoms with Crippen molar-refractivity contribution in [1.82, 2.24) is 14.8 Å². The van der Waals surface area contributed by atoms with Gasteiger partial charge in [-0.1, -0.05) is 17.8 Å². The number of thioether (sulfide) groups is 1. The summed E-state index contributed by atoms with van der Waals surface area (Å²) in [6, 6.07) is 5.99. The second-order valence-corrected chi connectivity index (χ2v) is 5.14. The largest absolute Gasteiger partial charge is 0.493 e. The molecule has 0 saturated carbocycles. The summed E-state index contributed by atoms with van der Waals surface area (Å²) in [6.07, 6.45) is 1.81. The minimum Gasteiger partial charge on any atom is -0.493 e. The van der Waals surface area contributed by atoms with Crippen LogP contribution in [0.1, 0.15) is 5.82 Å². The van der Waals surface area contributed by atoms with Crippen molar-refractivity contribution in [2.75, 3.05) is 12.4 Å². The number of hydrogen-bond donors (Lipinski definition) is 0. The van der Waals surface area contributed by atoms with E-state index >= 15 is 0 Å². The van der Waals surface area contributed by atoms with Gasteiger partial charge in [0.2, 0.25) is 0 Å². The number of rotatable bonds is 7. The Hall–Kier alpha value is -1.82. The molecule has 0 spiro atoms. The number of aromatic nitrogens is 3. The molecule has 1 aromatic carbocycles. The van der Waals surface area contributed by atoms with E-state index in [9.17, 15) is 4.39 Å². The van der Waals surface area contributed by atoms with Gasteiger partial charge in [-0.25, -0.2) is 4.39 Å². The zero-order valence-corrected chi connectivity index (χ0v) is 12.1. The summed E-state index contributed by atoms with van der Waals surface area (Å²) < 4.78 is 20.2. The van der Waals surface area contributed by atoms with Crippen molar-refractivity contribution >= 4 is 11.8 Å². The molecule has 1 aromatic heterocycles. The van der Waals surface area contributed by atoms with Crippen LogP contribution >= 0.6 is 11.8 Å². The van der Waals surface area contributed by atoms with E-state index in [0.717, 1.165) is 16.7 Å². The molecule has 20 heavy (non-hydrogen) atoms. The van der Waals surface area contributed by atoms with Gasteiger partial charge in [0.25, 0.3) is 0 Å². The number of ether oxygens (including phenoxy) is 1. The summed E-state index contributed by atoms with van der Waals surface area (Å²) in [5.41, 5.74) is 0. The molecule has 0 aliphatic carbocycles. The van der Waals surface area contributed by atoms with E-state index in [1.165, 1.54) is 12.1 Å². The number of aryl methyl sites for hydroxylation is 1. The van der Waals surface area contributed by atoms with E-state index in [0.29, 0.717) is 18.9 Å². The fourth-order valence-electron chi connectivity index (χ4n) is 1.63. The standard InChI is InChI=1S/C14H16FN3OS/c1-3-8-18-11(2)16-17-14(18)20-10-9-19-13-6-4-12(15)5-7-13/h3-7H,1,8-10H2,2H3. The van der Waals surface area contributed by atoms with Crippen molar-refractivity contribution < 1.29 is 9.13 Å². The maximum absolute atomic E-state index is 12.7. The van der Waals surface area contributed by atoms with Crippen LogP contribution in [-0.4, -0.2) is 27.1 Å². The van der Waals surface area contributed by atoms with Crippen LogP contribution in [0.25, 0.3) is 0 Å². The smallest absolute Gasteiger partial charge is 0.191 e. The van der Waals surface area contributed by atoms with Gasteiger partial charge in [-0.05, 0) is 31.2 Å². The summed E-state index contributed by atoms with van der Waals surface area (Å²) in [5, 5.41) is 9.01. The van der Waals surface area contributed by atoms with Crippen LogP contribution in [0.5, 0.6) is 5.75 Å². The Kier molecular flexibility index (Phi) is 5.17. The summed E-state index contributed by atoms with van der Waals surface area (Å²) in [6.45, 7) is 6.85. The van der Waals surface area contributed by atoms with E-state index in [2.05, 4.69) is 16.8 Å². The first-order valence-corrected chi connectivity index (χ1v) is 7.21. The van der Waals surface area contributed by atoms with Crippen molar-refractivity contribution in [2.24, 2.45) is 0 Å². The predicted molar refractivity (Wildman–Crippen MR) is 77.6 cm³/mol. The molecule has 0 amide bonds. The van der Waals surface area contributed by atoms with E-state index in [-0.39, 0.29) is 5.82 Å². The van der Waals surface area contributed by atoms with E-state index in [1.54, 1.807) is 23.9 Å². The second-order valence-electron chi connectivity index (χ2n) is 4.08. The molecule has 0 aliphatic rings. The van der Waals surface area contributed by atoms with Gasteiger partial charge in [0.1, 0.15) is 17.4 Å². The molecule has 0 bridgehead atoms. The van der Waals surface area contributed by atoms with Crippen LogP contribution in [0, 0.1) is 12.7 Å². The van der Waals surface area contributed by atoms with Gasteiger partial charge in [-0.2, -0.15) is 0 Å². The van der Waals surface area contributed by atoms with Crippen molar-refractivity contribution in [3.8, 4) is 5.75 Å². The fourth-order valence-corrected chi connectivity index (χ4v) is 2.44. The van der Waals surface area contributed by atoms with Gasteiger partial charge in [0.15, 0.2) is 5.16 Å². The summed E-state index contributed by atoms with van der Waals surface area (Å²) >= 11 is 1.57. The lowest BCUT2D eigenvalue weighted by Crippen LogP contribution is -2.04. The number of hydrogen-bond acceptors (Lipinski definition) is 4. The Morgan fingerprint density at radius 1 is 1.35 bits per heavy atom. The third-order valence-electron chi connectivity index (χ3n) is 2.61. The molecule has 0 radical (unpaired) electrons. The van der Waals surface area contributed by atoms with E-state index < -0.39 is 0 Å². The molecular weight excluding hydrogens is 277 g/mol. The predicted octanol–water partition coefficient (Wildman–Crippen LogP) is 3.08. The van der Waals surface area contributed by atoms with Gasteiger partial charge in [0.05, 0.1) is 6.61 Å². The highest BCUT2D eigenvalue weighted by atomic mass is 32.2. The Morgan fingerprint density at radius 2 is 2.10 bits per heavy atom. The molecular formula is C14H16FN3OS. The summed E-state index contributed by atoms with van der Waals surface area (Å²) in [7, 11) is 0. The van der Waals surface area contributed by atoms with Crippen molar-refractivity contribution in [1.29, 1.82) is 0 Å². The van der Waals surface area contributed by atoms with Gasteiger partial charge in [-0.3, -0.25) is 0 Å². The number of nitrogens with zero attached hydrogens (tertiary/aromatic N) is 3. The summed E-state index contributed by atoms with van der Waals surface area (Å²) in [5.74, 6) is 2.01. The molecule has 0 unspecified atom stereocenters. The third-order valence-corrected chi connectivity index (χ3v) is 3.54. The first kappa shape index (κ1) is 14.6. The van der Waals surface area contributed by atoms with Crippen LogP contribution in [0.15, 0.2) is 42.1 Å². The van der Waals surface area contributed by atoms with Crippen LogP contribution in [0.4, 0.5) is 4.39 Å². The minimum absolute atomic E-state index is 0.264. The molecule has 1 heterocycles. The normalized spacial score (nSPS) is 10.5. The lowest BCUT2D eigenvalue weighted by molar-refractivity contribution is 0.343. The first-order chi connectivity index (χ1) is 9.70. The van der Waals surface area contributed by atoms with Gasteiger partial charge in [0, 0.05) is 12.3 Å². The molecule has 0 N–H and O–H groups in total. The summed E-state index contributed by atoms with van der Waals surface area (Å²) in [4.78, 5) is 0. The molecule has 106 valence electrons. The van der Waals surface area contributed by atoms with Crippen molar-refractivity contribution in [3.63, 3.8) is 0 Å². The molecule has 2 aromatic rings. The quantitative estimate of drug-likeness (QED) is 0.447. The molecule has 4 nitrogen and oxygen atoms in total. The topological polar surface area (TPSA) is 39.9 Å². The third kappa shape index (κ3) is 3.84. The lowest BCUT2D eigenvalue weighted by atomic mass is 10.3. The highest BCUT2D eigenvalue weighted by molar-refractivity contribution is 7.99. The number of allylic oxidation sites excluding steroid dienone is 1. The Labute approximate surface area is 121 Å². The maximum Gasteiger partial charge on any atom is 0.191 e. The molecule has 0 fully saturated rings. The average molecular weight is 293 g/mol. The van der Waals surface area contributed by atoms with Crippen LogP contribution < -0.4 is 4.74 Å². The van der Waals surface area contributed by atoms with E-state index in [1.807, 2.05) is 17.6 Å². The zero-order chi connectivity index (χ0) is 14.4. The highest BCUT2D eigenvalue weighted by Crippen LogP contribution is 2.17. The van der Waals surface area contributed by atoms with Gasteiger partial charge in [-0.15, -0.1) is 16.8 Å². The van der Waals surface area contributed by atoms with Crippen molar-refractivity contribution in [3.05, 3.63) is 48.6 Å². The number of benzene rings is 1. The molecule has 0 aliphatic heterocycles. The van der Waals surface area contributed by atoms with Crippen LogP contribution in [0.3, 0.4) is 0 Å². The van der Waals surface area contributed by atoms with Crippen LogP contribution in [-0.2, 0) is 6.54 Å². The molecule has 0 atom stereocenters. The van der Waals surface area contributed by atoms with Crippen molar-refractivity contribution in [2.45, 2.75) is 18.6 Å². The molecule has 0 saturated heterocycles. The maximum atomic E-state index is 12.7. The monoisotopic (exact) mass is 293 g/mol. The minimum atomic E-state index is -0.264. The first-order valence-electron chi connectivity index (χ1n) is 6.22. The lowest BCUT2D eigenvalue weighted by Gasteiger charge is -2.07. The fraction of sp³-hybridized carbons (Fsp3) is 0.286. The Bertz CT molecular complexity index is 568. The SMILES string of the molecule is C=CCn1c(C)nnc1SCCOc1ccc(F)cc1. The highest BCUT2D eigenvalue weighted by Gasteiger charge is 2.07. The Balaban J connectivity index is 1.81. The Morgan fingerprint density at radius 3 is 2.80 bits per heavy atom. The second kappa shape index (κ2) is 7.09. The average Bonchev–Trinajstić information content (AvgIpc) is 2.79. The molecule has 6 heteroatoms. The molecule has 2 rings (SSSR count). The van der Waals surface area contributed by atoms with Crippen LogP contribution in [0.2, 0.25) is 0 Å². The van der Waals surface area contributed by atoms with Gasteiger partial charge < -0.3 is 9.30 Å². The van der Waals surface area contributed by atoms with Gasteiger partial charge >= 0.3 is 0 Å².